The Kier molecular flexibility index (Phi) is 5.33. The van der Waals surface area contributed by atoms with Gasteiger partial charge in [-0.3, -0.25) is 4.79 Å². The zero-order valence-corrected chi connectivity index (χ0v) is 17.3. The van der Waals surface area contributed by atoms with E-state index < -0.39 is 11.9 Å². The summed E-state index contributed by atoms with van der Waals surface area (Å²) >= 11 is 6.21. The SMILES string of the molecule is Cc1cc(C)c(NC(=O)COC(=O)c2ccc3[nH]c4c(c3c2)CCCC4)c(Cl)c1. The smallest absolute Gasteiger partial charge is 0.338 e. The van der Waals surface area contributed by atoms with Gasteiger partial charge in [0.25, 0.3) is 5.91 Å². The van der Waals surface area contributed by atoms with Crippen LogP contribution in [0.15, 0.2) is 30.3 Å². The Labute approximate surface area is 174 Å². The summed E-state index contributed by atoms with van der Waals surface area (Å²) in [6, 6.07) is 9.20. The lowest BCUT2D eigenvalue weighted by Gasteiger charge is -2.12. The molecule has 0 atom stereocenters. The van der Waals surface area contributed by atoms with Crippen molar-refractivity contribution in [2.24, 2.45) is 0 Å². The molecule has 5 nitrogen and oxygen atoms in total. The number of halogens is 1. The Balaban J connectivity index is 1.44. The van der Waals surface area contributed by atoms with Crippen molar-refractivity contribution in [3.63, 3.8) is 0 Å². The third-order valence-corrected chi connectivity index (χ3v) is 5.66. The number of fused-ring (bicyclic) bond motifs is 3. The van der Waals surface area contributed by atoms with E-state index in [-0.39, 0.29) is 6.61 Å². The predicted octanol–water partition coefficient (Wildman–Crippen LogP) is 5.11. The van der Waals surface area contributed by atoms with Crippen molar-refractivity contribution in [3.05, 3.63) is 63.3 Å². The van der Waals surface area contributed by atoms with Crippen molar-refractivity contribution in [2.75, 3.05) is 11.9 Å². The molecule has 0 bridgehead atoms. The van der Waals surface area contributed by atoms with Crippen LogP contribution >= 0.6 is 11.6 Å². The van der Waals surface area contributed by atoms with E-state index in [9.17, 15) is 9.59 Å². The van der Waals surface area contributed by atoms with Crippen LogP contribution in [0.1, 0.15) is 45.6 Å². The van der Waals surface area contributed by atoms with E-state index in [4.69, 9.17) is 16.3 Å². The summed E-state index contributed by atoms with van der Waals surface area (Å²) in [6.07, 6.45) is 4.42. The van der Waals surface area contributed by atoms with E-state index in [2.05, 4.69) is 10.3 Å². The number of benzene rings is 2. The van der Waals surface area contributed by atoms with Gasteiger partial charge in [0.2, 0.25) is 0 Å². The molecule has 0 fully saturated rings. The number of hydrogen-bond donors (Lipinski definition) is 2. The lowest BCUT2D eigenvalue weighted by Crippen LogP contribution is -2.21. The van der Waals surface area contributed by atoms with E-state index >= 15 is 0 Å². The number of carbonyl (C=O) groups excluding carboxylic acids is 2. The summed E-state index contributed by atoms with van der Waals surface area (Å²) in [5, 5.41) is 4.26. The van der Waals surface area contributed by atoms with Gasteiger partial charge in [0, 0.05) is 16.6 Å². The number of carbonyl (C=O) groups is 2. The molecule has 6 heteroatoms. The molecule has 0 saturated carbocycles. The van der Waals surface area contributed by atoms with Crippen LogP contribution in [0.4, 0.5) is 5.69 Å². The van der Waals surface area contributed by atoms with Gasteiger partial charge in [-0.15, -0.1) is 0 Å². The topological polar surface area (TPSA) is 71.2 Å². The number of aromatic nitrogens is 1. The number of aryl methyl sites for hydroxylation is 4. The van der Waals surface area contributed by atoms with Crippen LogP contribution in [0.3, 0.4) is 0 Å². The first-order valence-electron chi connectivity index (χ1n) is 9.79. The third kappa shape index (κ3) is 4.01. The molecule has 0 spiro atoms. The van der Waals surface area contributed by atoms with Crippen LogP contribution in [-0.4, -0.2) is 23.5 Å². The molecule has 0 aliphatic heterocycles. The molecule has 0 radical (unpaired) electrons. The molecule has 1 amide bonds. The number of hydrogen-bond acceptors (Lipinski definition) is 3. The Bertz CT molecular complexity index is 1090. The number of rotatable bonds is 4. The highest BCUT2D eigenvalue weighted by atomic mass is 35.5. The van der Waals surface area contributed by atoms with Crippen molar-refractivity contribution in [2.45, 2.75) is 39.5 Å². The molecule has 29 heavy (non-hydrogen) atoms. The molecule has 1 aliphatic carbocycles. The number of H-pyrrole nitrogens is 1. The van der Waals surface area contributed by atoms with Crippen LogP contribution in [-0.2, 0) is 22.4 Å². The monoisotopic (exact) mass is 410 g/mol. The molecular formula is C23H23ClN2O3. The summed E-state index contributed by atoms with van der Waals surface area (Å²) < 4.78 is 5.23. The number of aromatic amines is 1. The van der Waals surface area contributed by atoms with E-state index in [0.29, 0.717) is 16.3 Å². The normalized spacial score (nSPS) is 13.2. The first kappa shape index (κ1) is 19.5. The number of esters is 1. The summed E-state index contributed by atoms with van der Waals surface area (Å²) in [5.41, 5.74) is 6.46. The van der Waals surface area contributed by atoms with Crippen LogP contribution in [0.5, 0.6) is 0 Å². The lowest BCUT2D eigenvalue weighted by atomic mass is 9.95. The Hall–Kier alpha value is -2.79. The average Bonchev–Trinajstić information content (AvgIpc) is 3.06. The second-order valence-electron chi connectivity index (χ2n) is 7.61. The van der Waals surface area contributed by atoms with E-state index in [1.165, 1.54) is 17.7 Å². The average molecular weight is 411 g/mol. The van der Waals surface area contributed by atoms with Crippen LogP contribution in [0.25, 0.3) is 10.9 Å². The highest BCUT2D eigenvalue weighted by Crippen LogP contribution is 2.30. The first-order valence-corrected chi connectivity index (χ1v) is 10.2. The van der Waals surface area contributed by atoms with Gasteiger partial charge in [-0.25, -0.2) is 4.79 Å². The molecule has 1 aromatic heterocycles. The van der Waals surface area contributed by atoms with Crippen molar-refractivity contribution >= 4 is 40.1 Å². The number of amides is 1. The largest absolute Gasteiger partial charge is 0.452 e. The number of anilines is 1. The fourth-order valence-electron chi connectivity index (χ4n) is 4.00. The standard InChI is InChI=1S/C23H23ClN2O3/c1-13-9-14(2)22(18(24)10-13)26-21(27)12-29-23(28)15-7-8-20-17(11-15)16-5-3-4-6-19(16)25-20/h7-11,25H,3-6,12H2,1-2H3,(H,26,27). The van der Waals surface area contributed by atoms with Crippen LogP contribution in [0.2, 0.25) is 5.02 Å². The first-order chi connectivity index (χ1) is 13.9. The van der Waals surface area contributed by atoms with Gasteiger partial charge in [0.05, 0.1) is 16.3 Å². The predicted molar refractivity (Wildman–Crippen MR) is 115 cm³/mol. The molecule has 2 aromatic carbocycles. The highest BCUT2D eigenvalue weighted by molar-refractivity contribution is 6.34. The van der Waals surface area contributed by atoms with Gasteiger partial charge in [0.15, 0.2) is 6.61 Å². The second-order valence-corrected chi connectivity index (χ2v) is 8.02. The van der Waals surface area contributed by atoms with Crippen molar-refractivity contribution in [3.8, 4) is 0 Å². The second kappa shape index (κ2) is 7.91. The molecule has 3 aromatic rings. The molecule has 0 unspecified atom stereocenters. The zero-order valence-electron chi connectivity index (χ0n) is 16.5. The summed E-state index contributed by atoms with van der Waals surface area (Å²) in [7, 11) is 0. The van der Waals surface area contributed by atoms with E-state index in [0.717, 1.165) is 41.3 Å². The molecule has 1 heterocycles. The van der Waals surface area contributed by atoms with Crippen LogP contribution < -0.4 is 5.32 Å². The lowest BCUT2D eigenvalue weighted by molar-refractivity contribution is -0.119. The minimum absolute atomic E-state index is 0.369. The maximum atomic E-state index is 12.5. The quantitative estimate of drug-likeness (QED) is 0.587. The van der Waals surface area contributed by atoms with Gasteiger partial charge in [0.1, 0.15) is 0 Å². The summed E-state index contributed by atoms with van der Waals surface area (Å²) in [4.78, 5) is 28.2. The van der Waals surface area contributed by atoms with Gasteiger partial charge >= 0.3 is 5.97 Å². The molecular weight excluding hydrogens is 388 g/mol. The Morgan fingerprint density at radius 1 is 1.14 bits per heavy atom. The summed E-state index contributed by atoms with van der Waals surface area (Å²) in [6.45, 7) is 3.43. The zero-order chi connectivity index (χ0) is 20.5. The van der Waals surface area contributed by atoms with Gasteiger partial charge in [-0.2, -0.15) is 0 Å². The fraction of sp³-hybridized carbons (Fsp3) is 0.304. The van der Waals surface area contributed by atoms with Crippen molar-refractivity contribution in [1.82, 2.24) is 4.98 Å². The maximum Gasteiger partial charge on any atom is 0.338 e. The molecule has 2 N–H and O–H groups in total. The molecule has 0 saturated heterocycles. The van der Waals surface area contributed by atoms with E-state index in [1.54, 1.807) is 12.1 Å². The van der Waals surface area contributed by atoms with Gasteiger partial charge in [-0.1, -0.05) is 17.7 Å². The Morgan fingerprint density at radius 2 is 1.93 bits per heavy atom. The maximum absolute atomic E-state index is 12.5. The Morgan fingerprint density at radius 3 is 2.72 bits per heavy atom. The fourth-order valence-corrected chi connectivity index (χ4v) is 4.37. The molecule has 4 rings (SSSR count). The van der Waals surface area contributed by atoms with Gasteiger partial charge < -0.3 is 15.0 Å². The van der Waals surface area contributed by atoms with Crippen molar-refractivity contribution in [1.29, 1.82) is 0 Å². The van der Waals surface area contributed by atoms with E-state index in [1.807, 2.05) is 32.0 Å². The van der Waals surface area contributed by atoms with Gasteiger partial charge in [-0.05, 0) is 80.5 Å². The minimum Gasteiger partial charge on any atom is -0.452 e. The van der Waals surface area contributed by atoms with Crippen LogP contribution in [0, 0.1) is 13.8 Å². The minimum atomic E-state index is -0.514. The molecule has 150 valence electrons. The molecule has 1 aliphatic rings. The number of nitrogens with one attached hydrogen (secondary N) is 2. The summed E-state index contributed by atoms with van der Waals surface area (Å²) in [5.74, 6) is -0.938. The third-order valence-electron chi connectivity index (χ3n) is 5.36. The highest BCUT2D eigenvalue weighted by Gasteiger charge is 2.18. The number of ether oxygens (including phenoxy) is 1. The van der Waals surface area contributed by atoms with Crippen molar-refractivity contribution < 1.29 is 14.3 Å².